The number of aromatic nitrogens is 2. The van der Waals surface area contributed by atoms with E-state index in [0.717, 1.165) is 31.7 Å². The zero-order valence-electron chi connectivity index (χ0n) is 15.4. The fourth-order valence-corrected chi connectivity index (χ4v) is 3.44. The standard InChI is InChI=1S/C20H28N4O/c1-16(2)23-10-9-18(14-23)15-24-20(25)11-19(12-21-24)22(3)13-17-7-5-4-6-8-17/h4-8,11-12,16,18H,9-10,13-15H2,1-3H3/t18-/m1/s1. The monoisotopic (exact) mass is 340 g/mol. The molecule has 1 aromatic carbocycles. The van der Waals surface area contributed by atoms with Crippen LogP contribution >= 0.6 is 0 Å². The fourth-order valence-electron chi connectivity index (χ4n) is 3.44. The fraction of sp³-hybridized carbons (Fsp3) is 0.500. The van der Waals surface area contributed by atoms with Crippen molar-refractivity contribution < 1.29 is 0 Å². The second-order valence-corrected chi connectivity index (χ2v) is 7.32. The third-order valence-electron chi connectivity index (χ3n) is 5.04. The highest BCUT2D eigenvalue weighted by molar-refractivity contribution is 5.42. The Kier molecular flexibility index (Phi) is 5.53. The molecule has 134 valence electrons. The molecule has 1 aromatic heterocycles. The molecular formula is C20H28N4O. The Balaban J connectivity index is 1.64. The maximum Gasteiger partial charge on any atom is 0.268 e. The van der Waals surface area contributed by atoms with E-state index in [1.165, 1.54) is 5.56 Å². The Bertz CT molecular complexity index is 741. The van der Waals surface area contributed by atoms with Gasteiger partial charge in [0.2, 0.25) is 0 Å². The molecule has 0 saturated carbocycles. The van der Waals surface area contributed by atoms with Crippen molar-refractivity contribution in [1.82, 2.24) is 14.7 Å². The van der Waals surface area contributed by atoms with Crippen LogP contribution in [0.2, 0.25) is 0 Å². The topological polar surface area (TPSA) is 41.4 Å². The van der Waals surface area contributed by atoms with Crippen LogP contribution in [0.3, 0.4) is 0 Å². The average molecular weight is 340 g/mol. The SMILES string of the molecule is CC(C)N1CC[C@@H](Cn2ncc(N(C)Cc3ccccc3)cc2=O)C1. The van der Waals surface area contributed by atoms with Gasteiger partial charge in [-0.3, -0.25) is 4.79 Å². The van der Waals surface area contributed by atoms with Crippen LogP contribution in [0, 0.1) is 5.92 Å². The maximum atomic E-state index is 12.5. The van der Waals surface area contributed by atoms with Gasteiger partial charge >= 0.3 is 0 Å². The lowest BCUT2D eigenvalue weighted by atomic mass is 10.1. The highest BCUT2D eigenvalue weighted by Gasteiger charge is 2.24. The zero-order valence-corrected chi connectivity index (χ0v) is 15.4. The molecule has 3 rings (SSSR count). The molecule has 1 aliphatic rings. The van der Waals surface area contributed by atoms with Crippen molar-refractivity contribution in [2.45, 2.75) is 39.4 Å². The first kappa shape index (κ1) is 17.7. The molecule has 0 spiro atoms. The smallest absolute Gasteiger partial charge is 0.268 e. The van der Waals surface area contributed by atoms with E-state index < -0.39 is 0 Å². The minimum Gasteiger partial charge on any atom is -0.369 e. The largest absolute Gasteiger partial charge is 0.369 e. The molecule has 1 saturated heterocycles. The predicted molar refractivity (Wildman–Crippen MR) is 102 cm³/mol. The summed E-state index contributed by atoms with van der Waals surface area (Å²) < 4.78 is 1.62. The molecule has 0 N–H and O–H groups in total. The van der Waals surface area contributed by atoms with Crippen LogP contribution < -0.4 is 10.5 Å². The lowest BCUT2D eigenvalue weighted by molar-refractivity contribution is 0.258. The van der Waals surface area contributed by atoms with E-state index in [1.807, 2.05) is 25.2 Å². The molecule has 2 heterocycles. The van der Waals surface area contributed by atoms with Crippen molar-refractivity contribution in [3.05, 3.63) is 58.5 Å². The molecule has 5 nitrogen and oxygen atoms in total. The van der Waals surface area contributed by atoms with E-state index in [-0.39, 0.29) is 5.56 Å². The molecule has 0 bridgehead atoms. The van der Waals surface area contributed by atoms with Gasteiger partial charge in [-0.15, -0.1) is 0 Å². The molecule has 1 atom stereocenters. The number of hydrogen-bond acceptors (Lipinski definition) is 4. The minimum atomic E-state index is -0.0135. The molecule has 0 unspecified atom stereocenters. The third kappa shape index (κ3) is 4.48. The van der Waals surface area contributed by atoms with E-state index in [4.69, 9.17) is 0 Å². The van der Waals surface area contributed by atoms with Crippen molar-refractivity contribution in [2.24, 2.45) is 5.92 Å². The van der Waals surface area contributed by atoms with E-state index in [9.17, 15) is 4.79 Å². The Hall–Kier alpha value is -2.14. The van der Waals surface area contributed by atoms with Gasteiger partial charge in [-0.05, 0) is 38.3 Å². The minimum absolute atomic E-state index is 0.0135. The van der Waals surface area contributed by atoms with Crippen LogP contribution in [0.15, 0.2) is 47.4 Å². The number of nitrogens with zero attached hydrogens (tertiary/aromatic N) is 4. The Morgan fingerprint density at radius 1 is 1.28 bits per heavy atom. The van der Waals surface area contributed by atoms with Gasteiger partial charge in [0.05, 0.1) is 11.9 Å². The van der Waals surface area contributed by atoms with Gasteiger partial charge < -0.3 is 9.80 Å². The molecule has 0 radical (unpaired) electrons. The molecule has 1 fully saturated rings. The predicted octanol–water partition coefficient (Wildman–Crippen LogP) is 2.61. The molecule has 0 aliphatic carbocycles. The molecule has 25 heavy (non-hydrogen) atoms. The second-order valence-electron chi connectivity index (χ2n) is 7.32. The zero-order chi connectivity index (χ0) is 17.8. The Morgan fingerprint density at radius 2 is 2.04 bits per heavy atom. The van der Waals surface area contributed by atoms with Crippen LogP contribution in [0.5, 0.6) is 0 Å². The number of rotatable bonds is 6. The van der Waals surface area contributed by atoms with Crippen molar-refractivity contribution in [2.75, 3.05) is 25.0 Å². The van der Waals surface area contributed by atoms with E-state index in [1.54, 1.807) is 16.9 Å². The lowest BCUT2D eigenvalue weighted by Gasteiger charge is -2.21. The summed E-state index contributed by atoms with van der Waals surface area (Å²) in [5, 5.41) is 4.42. The van der Waals surface area contributed by atoms with Crippen molar-refractivity contribution in [3.63, 3.8) is 0 Å². The first-order valence-electron chi connectivity index (χ1n) is 9.09. The van der Waals surface area contributed by atoms with E-state index >= 15 is 0 Å². The summed E-state index contributed by atoms with van der Waals surface area (Å²) in [6.07, 6.45) is 2.95. The average Bonchev–Trinajstić information content (AvgIpc) is 3.06. The van der Waals surface area contributed by atoms with Gasteiger partial charge in [0.15, 0.2) is 0 Å². The summed E-state index contributed by atoms with van der Waals surface area (Å²) in [6, 6.07) is 12.5. The number of benzene rings is 1. The molecule has 5 heteroatoms. The van der Waals surface area contributed by atoms with Gasteiger partial charge in [-0.25, -0.2) is 4.68 Å². The van der Waals surface area contributed by atoms with Crippen molar-refractivity contribution >= 4 is 5.69 Å². The Labute approximate surface area is 149 Å². The molecule has 1 aliphatic heterocycles. The summed E-state index contributed by atoms with van der Waals surface area (Å²) >= 11 is 0. The summed E-state index contributed by atoms with van der Waals surface area (Å²) in [5.41, 5.74) is 2.06. The highest BCUT2D eigenvalue weighted by atomic mass is 16.1. The first-order valence-corrected chi connectivity index (χ1v) is 9.09. The Morgan fingerprint density at radius 3 is 2.68 bits per heavy atom. The summed E-state index contributed by atoms with van der Waals surface area (Å²) in [5.74, 6) is 0.514. The summed E-state index contributed by atoms with van der Waals surface area (Å²) in [6.45, 7) is 8.10. The van der Waals surface area contributed by atoms with Gasteiger partial charge in [0.25, 0.3) is 5.56 Å². The van der Waals surface area contributed by atoms with Gasteiger partial charge in [-0.1, -0.05) is 30.3 Å². The first-order chi connectivity index (χ1) is 12.0. The maximum absolute atomic E-state index is 12.5. The van der Waals surface area contributed by atoms with Gasteiger partial charge in [0, 0.05) is 38.8 Å². The van der Waals surface area contributed by atoms with Gasteiger partial charge in [0.1, 0.15) is 0 Å². The second kappa shape index (κ2) is 7.83. The van der Waals surface area contributed by atoms with Crippen molar-refractivity contribution in [3.8, 4) is 0 Å². The highest BCUT2D eigenvalue weighted by Crippen LogP contribution is 2.19. The normalized spacial score (nSPS) is 18.0. The lowest BCUT2D eigenvalue weighted by Crippen LogP contribution is -2.31. The summed E-state index contributed by atoms with van der Waals surface area (Å²) in [4.78, 5) is 17.0. The van der Waals surface area contributed by atoms with E-state index in [0.29, 0.717) is 18.5 Å². The van der Waals surface area contributed by atoms with Gasteiger partial charge in [-0.2, -0.15) is 5.10 Å². The number of anilines is 1. The molecule has 0 amide bonds. The molecule has 2 aromatic rings. The van der Waals surface area contributed by atoms with Crippen LogP contribution in [-0.2, 0) is 13.1 Å². The third-order valence-corrected chi connectivity index (χ3v) is 5.04. The summed E-state index contributed by atoms with van der Waals surface area (Å²) in [7, 11) is 1.99. The van der Waals surface area contributed by atoms with Crippen LogP contribution in [0.25, 0.3) is 0 Å². The van der Waals surface area contributed by atoms with Crippen LogP contribution in [0.4, 0.5) is 5.69 Å². The van der Waals surface area contributed by atoms with E-state index in [2.05, 4.69) is 40.9 Å². The van der Waals surface area contributed by atoms with Crippen molar-refractivity contribution in [1.29, 1.82) is 0 Å². The quantitative estimate of drug-likeness (QED) is 0.811. The van der Waals surface area contributed by atoms with Crippen LogP contribution in [-0.4, -0.2) is 40.9 Å². The van der Waals surface area contributed by atoms with Crippen LogP contribution in [0.1, 0.15) is 25.8 Å². The number of hydrogen-bond donors (Lipinski definition) is 0. The molecular weight excluding hydrogens is 312 g/mol. The number of likely N-dealkylation sites (tertiary alicyclic amines) is 1.